The molecule has 4 nitrogen and oxygen atoms in total. The highest BCUT2D eigenvalue weighted by molar-refractivity contribution is 7.10. The first kappa shape index (κ1) is 22.3. The van der Waals surface area contributed by atoms with Gasteiger partial charge in [-0.2, -0.15) is 13.2 Å². The maximum Gasteiger partial charge on any atom is 0.471 e. The minimum Gasteiger partial charge on any atom is -0.351 e. The number of benzene rings is 1. The average molecular weight is 439 g/mol. The number of aryl methyl sites for hydroxylation is 2. The zero-order valence-electron chi connectivity index (χ0n) is 17.0. The molecule has 1 aliphatic carbocycles. The van der Waals surface area contributed by atoms with Gasteiger partial charge in [0.05, 0.1) is 0 Å². The minimum atomic E-state index is -5.11. The third kappa shape index (κ3) is 5.03. The maximum absolute atomic E-state index is 13.6. The molecule has 2 amide bonds. The second-order valence-corrected chi connectivity index (χ2v) is 8.70. The molecule has 0 aliphatic heterocycles. The highest BCUT2D eigenvalue weighted by Crippen LogP contribution is 2.36. The summed E-state index contributed by atoms with van der Waals surface area (Å²) in [6.07, 6.45) is -0.508. The van der Waals surface area contributed by atoms with Crippen LogP contribution in [0.25, 0.3) is 0 Å². The van der Waals surface area contributed by atoms with Gasteiger partial charge in [-0.25, -0.2) is 0 Å². The maximum atomic E-state index is 13.6. The lowest BCUT2D eigenvalue weighted by atomic mass is 9.95. The number of hydrogen-bond donors (Lipinski definition) is 1. The molecule has 0 spiro atoms. The monoisotopic (exact) mass is 438 g/mol. The van der Waals surface area contributed by atoms with Crippen molar-refractivity contribution in [2.24, 2.45) is 0 Å². The van der Waals surface area contributed by atoms with Crippen molar-refractivity contribution < 1.29 is 22.8 Å². The Morgan fingerprint density at radius 2 is 1.83 bits per heavy atom. The van der Waals surface area contributed by atoms with E-state index in [0.717, 1.165) is 43.4 Å². The summed E-state index contributed by atoms with van der Waals surface area (Å²) in [4.78, 5) is 26.9. The van der Waals surface area contributed by atoms with Crippen molar-refractivity contribution in [3.05, 3.63) is 51.7 Å². The molecule has 1 atom stereocenters. The summed E-state index contributed by atoms with van der Waals surface area (Å²) >= 11 is 1.16. The van der Waals surface area contributed by atoms with Gasteiger partial charge in [-0.3, -0.25) is 14.5 Å². The van der Waals surface area contributed by atoms with Crippen LogP contribution in [0.5, 0.6) is 0 Å². The number of hydrogen-bond acceptors (Lipinski definition) is 3. The third-order valence-electron chi connectivity index (χ3n) is 5.36. The molecule has 1 heterocycles. The molecule has 1 N–H and O–H groups in total. The Hall–Kier alpha value is -2.35. The van der Waals surface area contributed by atoms with E-state index >= 15 is 0 Å². The van der Waals surface area contributed by atoms with E-state index in [2.05, 4.69) is 5.32 Å². The van der Waals surface area contributed by atoms with Crippen molar-refractivity contribution >= 4 is 28.8 Å². The molecule has 8 heteroatoms. The Bertz CT molecular complexity index is 890. The Morgan fingerprint density at radius 1 is 1.13 bits per heavy atom. The Labute approximate surface area is 178 Å². The normalized spacial score (nSPS) is 16.2. The SMILES string of the molecule is Cc1ccc(C)c(N(C(=O)C(F)(F)F)[C@H](C(=O)NC2CCCCC2)c2cccs2)c1. The highest BCUT2D eigenvalue weighted by Gasteiger charge is 2.48. The van der Waals surface area contributed by atoms with Crippen molar-refractivity contribution in [1.29, 1.82) is 0 Å². The van der Waals surface area contributed by atoms with Gasteiger partial charge in [0.1, 0.15) is 0 Å². The van der Waals surface area contributed by atoms with E-state index in [1.807, 2.05) is 0 Å². The lowest BCUT2D eigenvalue weighted by Gasteiger charge is -2.34. The summed E-state index contributed by atoms with van der Waals surface area (Å²) in [5.41, 5.74) is 1.29. The average Bonchev–Trinajstić information content (AvgIpc) is 3.21. The summed E-state index contributed by atoms with van der Waals surface area (Å²) in [5.74, 6) is -2.63. The molecule has 0 radical (unpaired) electrons. The van der Waals surface area contributed by atoms with Crippen molar-refractivity contribution in [2.75, 3.05) is 4.90 Å². The molecule has 0 bridgehead atoms. The zero-order valence-corrected chi connectivity index (χ0v) is 17.8. The van der Waals surface area contributed by atoms with Crippen LogP contribution in [0.4, 0.5) is 18.9 Å². The van der Waals surface area contributed by atoms with Gasteiger partial charge >= 0.3 is 12.1 Å². The van der Waals surface area contributed by atoms with Crippen LogP contribution in [0.3, 0.4) is 0 Å². The van der Waals surface area contributed by atoms with Gasteiger partial charge in [-0.1, -0.05) is 37.5 Å². The Balaban J connectivity index is 2.08. The molecule has 1 aromatic carbocycles. The zero-order chi connectivity index (χ0) is 21.9. The minimum absolute atomic E-state index is 0.0878. The lowest BCUT2D eigenvalue weighted by Crippen LogP contribution is -2.50. The van der Waals surface area contributed by atoms with Gasteiger partial charge in [0.2, 0.25) is 5.91 Å². The smallest absolute Gasteiger partial charge is 0.351 e. The first-order chi connectivity index (χ1) is 14.2. The molecule has 1 fully saturated rings. The molecular weight excluding hydrogens is 413 g/mol. The second-order valence-electron chi connectivity index (χ2n) is 7.72. The van der Waals surface area contributed by atoms with Gasteiger partial charge < -0.3 is 5.32 Å². The summed E-state index contributed by atoms with van der Waals surface area (Å²) < 4.78 is 40.9. The fourth-order valence-corrected chi connectivity index (χ4v) is 4.64. The molecule has 0 unspecified atom stereocenters. The molecule has 0 saturated heterocycles. The Kier molecular flexibility index (Phi) is 6.85. The quantitative estimate of drug-likeness (QED) is 0.675. The van der Waals surface area contributed by atoms with Gasteiger partial charge in [0, 0.05) is 16.6 Å². The van der Waals surface area contributed by atoms with Crippen LogP contribution in [-0.2, 0) is 9.59 Å². The van der Waals surface area contributed by atoms with Crippen LogP contribution in [-0.4, -0.2) is 24.0 Å². The van der Waals surface area contributed by atoms with Crippen molar-refractivity contribution in [1.82, 2.24) is 5.32 Å². The predicted octanol–water partition coefficient (Wildman–Crippen LogP) is 5.45. The molecule has 3 rings (SSSR count). The topological polar surface area (TPSA) is 49.4 Å². The Morgan fingerprint density at radius 3 is 2.43 bits per heavy atom. The largest absolute Gasteiger partial charge is 0.471 e. The first-order valence-corrected chi connectivity index (χ1v) is 10.9. The van der Waals surface area contributed by atoms with Crippen molar-refractivity contribution in [3.8, 4) is 0 Å². The van der Waals surface area contributed by atoms with Gasteiger partial charge in [-0.15, -0.1) is 11.3 Å². The molecule has 1 aliphatic rings. The number of thiophene rings is 1. The third-order valence-corrected chi connectivity index (χ3v) is 6.28. The van der Waals surface area contributed by atoms with E-state index < -0.39 is 24.0 Å². The number of nitrogens with zero attached hydrogens (tertiary/aromatic N) is 1. The van der Waals surface area contributed by atoms with E-state index in [0.29, 0.717) is 20.9 Å². The van der Waals surface area contributed by atoms with Crippen LogP contribution in [0.2, 0.25) is 0 Å². The number of halogens is 3. The number of carbonyl (C=O) groups is 2. The van der Waals surface area contributed by atoms with E-state index in [-0.39, 0.29) is 11.7 Å². The predicted molar refractivity (Wildman–Crippen MR) is 112 cm³/mol. The van der Waals surface area contributed by atoms with Crippen LogP contribution in [0.15, 0.2) is 35.7 Å². The molecule has 162 valence electrons. The molecule has 1 saturated carbocycles. The number of nitrogens with one attached hydrogen (secondary N) is 1. The van der Waals surface area contributed by atoms with Crippen LogP contribution in [0.1, 0.15) is 54.1 Å². The fourth-order valence-electron chi connectivity index (χ4n) is 3.83. The second kappa shape index (κ2) is 9.20. The fraction of sp³-hybridized carbons (Fsp3) is 0.455. The standard InChI is InChI=1S/C22H25F3N2O2S/c1-14-10-11-15(2)17(13-14)27(21(29)22(23,24)25)19(18-9-6-12-30-18)20(28)26-16-7-4-3-5-8-16/h6,9-13,16,19H,3-5,7-8H2,1-2H3,(H,26,28)/t19-/m0/s1. The number of amides is 2. The number of rotatable bonds is 5. The van der Waals surface area contributed by atoms with Gasteiger partial charge in [0.25, 0.3) is 0 Å². The molecular formula is C22H25F3N2O2S. The van der Waals surface area contributed by atoms with Crippen LogP contribution >= 0.6 is 11.3 Å². The molecule has 1 aromatic heterocycles. The van der Waals surface area contributed by atoms with Crippen molar-refractivity contribution in [2.45, 2.75) is 64.2 Å². The number of alkyl halides is 3. The molecule has 2 aromatic rings. The number of carbonyl (C=O) groups excluding carboxylic acids is 2. The number of anilines is 1. The van der Waals surface area contributed by atoms with E-state index in [1.165, 1.54) is 6.07 Å². The van der Waals surface area contributed by atoms with Gasteiger partial charge in [-0.05, 0) is 55.3 Å². The van der Waals surface area contributed by atoms with Crippen LogP contribution in [0, 0.1) is 13.8 Å². The molecule has 30 heavy (non-hydrogen) atoms. The summed E-state index contributed by atoms with van der Waals surface area (Å²) in [5, 5.41) is 4.59. The summed E-state index contributed by atoms with van der Waals surface area (Å²) in [7, 11) is 0. The van der Waals surface area contributed by atoms with Crippen LogP contribution < -0.4 is 10.2 Å². The van der Waals surface area contributed by atoms with E-state index in [1.54, 1.807) is 43.5 Å². The summed E-state index contributed by atoms with van der Waals surface area (Å²) in [6, 6.07) is 6.73. The lowest BCUT2D eigenvalue weighted by molar-refractivity contribution is -0.171. The van der Waals surface area contributed by atoms with E-state index in [9.17, 15) is 22.8 Å². The van der Waals surface area contributed by atoms with E-state index in [4.69, 9.17) is 0 Å². The van der Waals surface area contributed by atoms with Crippen molar-refractivity contribution in [3.63, 3.8) is 0 Å². The van der Waals surface area contributed by atoms with Gasteiger partial charge in [0.15, 0.2) is 6.04 Å². The first-order valence-electron chi connectivity index (χ1n) is 10.00. The highest BCUT2D eigenvalue weighted by atomic mass is 32.1. The summed E-state index contributed by atoms with van der Waals surface area (Å²) in [6.45, 7) is 3.37.